The summed E-state index contributed by atoms with van der Waals surface area (Å²) in [7, 11) is 0. The smallest absolute Gasteiger partial charge is 0.303 e. The molecule has 0 bridgehead atoms. The summed E-state index contributed by atoms with van der Waals surface area (Å²) in [6.07, 6.45) is 1.99. The predicted molar refractivity (Wildman–Crippen MR) is 34.6 cm³/mol. The lowest BCUT2D eigenvalue weighted by Crippen LogP contribution is -2.03. The van der Waals surface area contributed by atoms with E-state index in [4.69, 9.17) is 5.11 Å². The van der Waals surface area contributed by atoms with Crippen LogP contribution in [-0.4, -0.2) is 16.9 Å². The van der Waals surface area contributed by atoms with Crippen LogP contribution in [0, 0.1) is 5.92 Å². The van der Waals surface area contributed by atoms with Crippen LogP contribution < -0.4 is 0 Å². The SMILES string of the molecule is O=C(O)C[C@H]1CCC(=O)C1. The Morgan fingerprint density at radius 3 is 2.80 bits per heavy atom. The molecule has 1 saturated carbocycles. The summed E-state index contributed by atoms with van der Waals surface area (Å²) >= 11 is 0. The number of hydrogen-bond donors (Lipinski definition) is 1. The molecule has 0 radical (unpaired) electrons. The Hall–Kier alpha value is -0.860. The monoisotopic (exact) mass is 142 g/mol. The van der Waals surface area contributed by atoms with Gasteiger partial charge in [-0.2, -0.15) is 0 Å². The zero-order valence-corrected chi connectivity index (χ0v) is 5.67. The number of ketones is 1. The van der Waals surface area contributed by atoms with Crippen molar-refractivity contribution in [3.63, 3.8) is 0 Å². The normalized spacial score (nSPS) is 25.2. The Kier molecular flexibility index (Phi) is 2.04. The number of carboxylic acids is 1. The maximum absolute atomic E-state index is 10.6. The van der Waals surface area contributed by atoms with Crippen LogP contribution in [0.4, 0.5) is 0 Å². The van der Waals surface area contributed by atoms with E-state index in [1.165, 1.54) is 0 Å². The minimum Gasteiger partial charge on any atom is -0.481 e. The summed E-state index contributed by atoms with van der Waals surface area (Å²) in [5.74, 6) is -0.462. The molecular weight excluding hydrogens is 132 g/mol. The van der Waals surface area contributed by atoms with Gasteiger partial charge >= 0.3 is 5.97 Å². The maximum atomic E-state index is 10.6. The Morgan fingerprint density at radius 2 is 2.40 bits per heavy atom. The lowest BCUT2D eigenvalue weighted by Gasteiger charge is -2.00. The van der Waals surface area contributed by atoms with Crippen molar-refractivity contribution in [3.05, 3.63) is 0 Å². The molecule has 56 valence electrons. The van der Waals surface area contributed by atoms with Crippen molar-refractivity contribution in [2.24, 2.45) is 5.92 Å². The maximum Gasteiger partial charge on any atom is 0.303 e. The number of hydrogen-bond acceptors (Lipinski definition) is 2. The van der Waals surface area contributed by atoms with Gasteiger partial charge in [0.2, 0.25) is 0 Å². The third kappa shape index (κ3) is 1.83. The summed E-state index contributed by atoms with van der Waals surface area (Å²) in [4.78, 5) is 20.8. The van der Waals surface area contributed by atoms with Crippen LogP contribution in [0.25, 0.3) is 0 Å². The Balaban J connectivity index is 2.31. The number of rotatable bonds is 2. The van der Waals surface area contributed by atoms with Gasteiger partial charge in [0.05, 0.1) is 0 Å². The van der Waals surface area contributed by atoms with E-state index in [1.54, 1.807) is 0 Å². The quantitative estimate of drug-likeness (QED) is 0.621. The molecule has 0 unspecified atom stereocenters. The molecule has 1 aliphatic carbocycles. The zero-order chi connectivity index (χ0) is 7.56. The summed E-state index contributed by atoms with van der Waals surface area (Å²) in [6.45, 7) is 0. The van der Waals surface area contributed by atoms with Crippen LogP contribution in [0.1, 0.15) is 25.7 Å². The van der Waals surface area contributed by atoms with Gasteiger partial charge in [-0.25, -0.2) is 0 Å². The fourth-order valence-electron chi connectivity index (χ4n) is 1.31. The molecule has 10 heavy (non-hydrogen) atoms. The lowest BCUT2D eigenvalue weighted by molar-refractivity contribution is -0.138. The number of Topliss-reactive ketones (excluding diaryl/α,β-unsaturated/α-hetero) is 1. The Labute approximate surface area is 59.0 Å². The number of carbonyl (C=O) groups excluding carboxylic acids is 1. The summed E-state index contributed by atoms with van der Waals surface area (Å²) < 4.78 is 0. The van der Waals surface area contributed by atoms with Gasteiger partial charge in [-0.05, 0) is 12.3 Å². The minimum atomic E-state index is -0.792. The Bertz CT molecular complexity index is 162. The first-order chi connectivity index (χ1) is 4.68. The number of aliphatic carboxylic acids is 1. The van der Waals surface area contributed by atoms with Crippen molar-refractivity contribution >= 4 is 11.8 Å². The van der Waals surface area contributed by atoms with Crippen molar-refractivity contribution in [2.75, 3.05) is 0 Å². The van der Waals surface area contributed by atoms with Crippen molar-refractivity contribution in [2.45, 2.75) is 25.7 Å². The highest BCUT2D eigenvalue weighted by molar-refractivity contribution is 5.81. The summed E-state index contributed by atoms with van der Waals surface area (Å²) in [5.41, 5.74) is 0. The van der Waals surface area contributed by atoms with Gasteiger partial charge in [-0.1, -0.05) is 0 Å². The van der Waals surface area contributed by atoms with E-state index < -0.39 is 5.97 Å². The van der Waals surface area contributed by atoms with Gasteiger partial charge in [-0.15, -0.1) is 0 Å². The highest BCUT2D eigenvalue weighted by Gasteiger charge is 2.23. The second kappa shape index (κ2) is 2.82. The second-order valence-corrected chi connectivity index (χ2v) is 2.75. The molecule has 1 N–H and O–H groups in total. The average molecular weight is 142 g/mol. The van der Waals surface area contributed by atoms with Crippen LogP contribution in [0.3, 0.4) is 0 Å². The fraction of sp³-hybridized carbons (Fsp3) is 0.714. The molecular formula is C7H10O3. The standard InChI is InChI=1S/C7H10O3/c8-6-2-1-5(3-6)4-7(9)10/h5H,1-4H2,(H,9,10)/t5-/m0/s1. The van der Waals surface area contributed by atoms with E-state index in [0.717, 1.165) is 6.42 Å². The first-order valence-corrected chi connectivity index (χ1v) is 3.42. The van der Waals surface area contributed by atoms with Crippen molar-refractivity contribution in [1.82, 2.24) is 0 Å². The van der Waals surface area contributed by atoms with E-state index in [2.05, 4.69) is 0 Å². The molecule has 1 atom stereocenters. The first kappa shape index (κ1) is 7.25. The van der Waals surface area contributed by atoms with E-state index in [9.17, 15) is 9.59 Å². The molecule has 0 heterocycles. The predicted octanol–water partition coefficient (Wildman–Crippen LogP) is 0.830. The highest BCUT2D eigenvalue weighted by atomic mass is 16.4. The number of carbonyl (C=O) groups is 2. The van der Waals surface area contributed by atoms with Gasteiger partial charge < -0.3 is 5.11 Å². The van der Waals surface area contributed by atoms with Crippen LogP contribution in [-0.2, 0) is 9.59 Å². The fourth-order valence-corrected chi connectivity index (χ4v) is 1.31. The van der Waals surface area contributed by atoms with Crippen LogP contribution >= 0.6 is 0 Å². The Morgan fingerprint density at radius 1 is 1.70 bits per heavy atom. The highest BCUT2D eigenvalue weighted by Crippen LogP contribution is 2.24. The van der Waals surface area contributed by atoms with Gasteiger partial charge in [0.25, 0.3) is 0 Å². The van der Waals surface area contributed by atoms with Gasteiger partial charge in [0.15, 0.2) is 0 Å². The first-order valence-electron chi connectivity index (χ1n) is 3.42. The molecule has 0 aromatic carbocycles. The van der Waals surface area contributed by atoms with E-state index in [1.807, 2.05) is 0 Å². The van der Waals surface area contributed by atoms with Gasteiger partial charge in [0.1, 0.15) is 5.78 Å². The molecule has 1 aliphatic rings. The third-order valence-electron chi connectivity index (χ3n) is 1.81. The van der Waals surface area contributed by atoms with Crippen molar-refractivity contribution in [3.8, 4) is 0 Å². The lowest BCUT2D eigenvalue weighted by atomic mass is 10.1. The molecule has 0 spiro atoms. The second-order valence-electron chi connectivity index (χ2n) is 2.75. The zero-order valence-electron chi connectivity index (χ0n) is 5.67. The molecule has 3 nitrogen and oxygen atoms in total. The third-order valence-corrected chi connectivity index (χ3v) is 1.81. The van der Waals surface area contributed by atoms with Crippen molar-refractivity contribution in [1.29, 1.82) is 0 Å². The summed E-state index contributed by atoms with van der Waals surface area (Å²) in [6, 6.07) is 0. The van der Waals surface area contributed by atoms with Crippen LogP contribution in [0.2, 0.25) is 0 Å². The largest absolute Gasteiger partial charge is 0.481 e. The molecule has 1 fully saturated rings. The van der Waals surface area contributed by atoms with Crippen molar-refractivity contribution < 1.29 is 14.7 Å². The molecule has 3 heteroatoms. The van der Waals surface area contributed by atoms with E-state index >= 15 is 0 Å². The number of carboxylic acid groups (broad SMARTS) is 1. The molecule has 0 aromatic rings. The molecule has 1 rings (SSSR count). The van der Waals surface area contributed by atoms with Gasteiger partial charge in [0, 0.05) is 19.3 Å². The molecule has 0 saturated heterocycles. The van der Waals surface area contributed by atoms with E-state index in [0.29, 0.717) is 12.8 Å². The molecule has 0 aliphatic heterocycles. The summed E-state index contributed by atoms with van der Waals surface area (Å²) in [5, 5.41) is 8.35. The average Bonchev–Trinajstić information content (AvgIpc) is 2.13. The van der Waals surface area contributed by atoms with Crippen LogP contribution in [0.15, 0.2) is 0 Å². The molecule has 0 aromatic heterocycles. The van der Waals surface area contributed by atoms with Crippen LogP contribution in [0.5, 0.6) is 0 Å². The van der Waals surface area contributed by atoms with Gasteiger partial charge in [-0.3, -0.25) is 9.59 Å². The minimum absolute atomic E-state index is 0.116. The van der Waals surface area contributed by atoms with E-state index in [-0.39, 0.29) is 18.1 Å². The molecule has 0 amide bonds. The topological polar surface area (TPSA) is 54.4 Å².